The van der Waals surface area contributed by atoms with Gasteiger partial charge in [-0.15, -0.1) is 12.4 Å². The highest BCUT2D eigenvalue weighted by Gasteiger charge is 2.24. The van der Waals surface area contributed by atoms with Crippen molar-refractivity contribution in [2.45, 2.75) is 25.7 Å². The van der Waals surface area contributed by atoms with E-state index in [1.165, 1.54) is 11.1 Å². The summed E-state index contributed by atoms with van der Waals surface area (Å²) in [5.74, 6) is 0. The zero-order valence-electron chi connectivity index (χ0n) is 11.7. The number of ether oxygens (including phenoxy) is 1. The highest BCUT2D eigenvalue weighted by Crippen LogP contribution is 2.26. The number of aliphatic hydroxyl groups excluding tert-OH is 1. The lowest BCUT2D eigenvalue weighted by Crippen LogP contribution is -2.36. The van der Waals surface area contributed by atoms with E-state index in [0.29, 0.717) is 6.61 Å². The Morgan fingerprint density at radius 1 is 1.37 bits per heavy atom. The van der Waals surface area contributed by atoms with Crippen LogP contribution in [0.5, 0.6) is 0 Å². The van der Waals surface area contributed by atoms with E-state index in [0.717, 1.165) is 12.0 Å². The molecule has 1 aromatic carbocycles. The zero-order chi connectivity index (χ0) is 13.1. The summed E-state index contributed by atoms with van der Waals surface area (Å²) in [5, 5.41) is 10.4. The molecule has 106 valence electrons. The van der Waals surface area contributed by atoms with Crippen LogP contribution in [0.1, 0.15) is 29.7 Å². The van der Waals surface area contributed by atoms with Gasteiger partial charge in [0.25, 0.3) is 0 Å². The Balaban J connectivity index is 0.00000180. The highest BCUT2D eigenvalue weighted by atomic mass is 35.5. The Hall–Kier alpha value is -0.870. The number of likely N-dealkylation sites (N-methyl/N-ethyl adjacent to an activating group) is 1. The first-order valence-corrected chi connectivity index (χ1v) is 6.39. The van der Waals surface area contributed by atoms with E-state index in [1.807, 2.05) is 32.0 Å². The minimum absolute atomic E-state index is 0. The first-order chi connectivity index (χ1) is 8.63. The molecule has 0 saturated carbocycles. The SMILES string of the molecule is CCOC(C(O)c1ccc2c(c1)CC=C2)N(C)C.Cl. The monoisotopic (exact) mass is 283 g/mol. The molecule has 1 aromatic rings. The lowest BCUT2D eigenvalue weighted by molar-refractivity contribution is -0.106. The van der Waals surface area contributed by atoms with Crippen LogP contribution < -0.4 is 0 Å². The second kappa shape index (κ2) is 7.06. The molecule has 1 N–H and O–H groups in total. The summed E-state index contributed by atoms with van der Waals surface area (Å²) in [7, 11) is 3.83. The Labute approximate surface area is 121 Å². The predicted octanol–water partition coefficient (Wildman–Crippen LogP) is 2.64. The topological polar surface area (TPSA) is 32.7 Å². The molecule has 0 bridgehead atoms. The summed E-state index contributed by atoms with van der Waals surface area (Å²) in [5.41, 5.74) is 3.45. The van der Waals surface area contributed by atoms with Crippen molar-refractivity contribution < 1.29 is 9.84 Å². The molecule has 0 spiro atoms. The zero-order valence-corrected chi connectivity index (χ0v) is 12.5. The molecule has 0 aliphatic heterocycles. The van der Waals surface area contributed by atoms with Gasteiger partial charge >= 0.3 is 0 Å². The van der Waals surface area contributed by atoms with Gasteiger partial charge in [0.2, 0.25) is 0 Å². The van der Waals surface area contributed by atoms with Gasteiger partial charge in [-0.25, -0.2) is 0 Å². The summed E-state index contributed by atoms with van der Waals surface area (Å²) >= 11 is 0. The summed E-state index contributed by atoms with van der Waals surface area (Å²) in [6.45, 7) is 2.53. The van der Waals surface area contributed by atoms with Crippen LogP contribution in [0.4, 0.5) is 0 Å². The van der Waals surface area contributed by atoms with Crippen molar-refractivity contribution in [3.8, 4) is 0 Å². The highest BCUT2D eigenvalue weighted by molar-refractivity contribution is 5.85. The number of nitrogens with zero attached hydrogens (tertiary/aromatic N) is 1. The number of benzene rings is 1. The summed E-state index contributed by atoms with van der Waals surface area (Å²) in [6, 6.07) is 6.13. The summed E-state index contributed by atoms with van der Waals surface area (Å²) in [4.78, 5) is 1.90. The molecule has 2 unspecified atom stereocenters. The van der Waals surface area contributed by atoms with Crippen molar-refractivity contribution >= 4 is 18.5 Å². The Morgan fingerprint density at radius 3 is 2.74 bits per heavy atom. The van der Waals surface area contributed by atoms with Gasteiger partial charge in [-0.3, -0.25) is 4.90 Å². The van der Waals surface area contributed by atoms with E-state index in [9.17, 15) is 5.11 Å². The maximum atomic E-state index is 10.4. The molecular weight excluding hydrogens is 262 g/mol. The lowest BCUT2D eigenvalue weighted by atomic mass is 10.0. The van der Waals surface area contributed by atoms with Gasteiger partial charge in [0.1, 0.15) is 12.3 Å². The molecule has 1 aliphatic rings. The molecule has 0 amide bonds. The smallest absolute Gasteiger partial charge is 0.140 e. The van der Waals surface area contributed by atoms with E-state index in [1.54, 1.807) is 0 Å². The molecule has 0 radical (unpaired) electrons. The number of allylic oxidation sites excluding steroid dienone is 1. The van der Waals surface area contributed by atoms with Crippen LogP contribution in [-0.2, 0) is 11.2 Å². The maximum absolute atomic E-state index is 10.4. The fourth-order valence-electron chi connectivity index (χ4n) is 2.32. The number of hydrogen-bond donors (Lipinski definition) is 1. The van der Waals surface area contributed by atoms with Crippen molar-refractivity contribution in [2.75, 3.05) is 20.7 Å². The molecule has 0 saturated heterocycles. The molecule has 3 nitrogen and oxygen atoms in total. The molecule has 0 aromatic heterocycles. The third kappa shape index (κ3) is 3.57. The lowest BCUT2D eigenvalue weighted by Gasteiger charge is -2.29. The van der Waals surface area contributed by atoms with E-state index in [2.05, 4.69) is 24.3 Å². The molecule has 4 heteroatoms. The average Bonchev–Trinajstić information content (AvgIpc) is 2.81. The number of aliphatic hydroxyl groups is 1. The molecule has 1 aliphatic carbocycles. The fourth-order valence-corrected chi connectivity index (χ4v) is 2.32. The molecular formula is C15H22ClNO2. The van der Waals surface area contributed by atoms with E-state index in [-0.39, 0.29) is 18.6 Å². The largest absolute Gasteiger partial charge is 0.384 e. The standard InChI is InChI=1S/C15H21NO2.ClH/c1-4-18-15(16(2)3)14(17)13-9-8-11-6-5-7-12(11)10-13;/h5-6,8-10,14-15,17H,4,7H2,1-3H3;1H. The Morgan fingerprint density at radius 2 is 2.11 bits per heavy atom. The van der Waals surface area contributed by atoms with Crippen molar-refractivity contribution in [3.63, 3.8) is 0 Å². The average molecular weight is 284 g/mol. The van der Waals surface area contributed by atoms with Gasteiger partial charge in [0, 0.05) is 6.61 Å². The third-order valence-corrected chi connectivity index (χ3v) is 3.26. The second-order valence-electron chi connectivity index (χ2n) is 4.82. The molecule has 2 atom stereocenters. The van der Waals surface area contributed by atoms with Crippen LogP contribution in [0, 0.1) is 0 Å². The van der Waals surface area contributed by atoms with Gasteiger partial charge in [-0.2, -0.15) is 0 Å². The molecule has 19 heavy (non-hydrogen) atoms. The number of fused-ring (bicyclic) bond motifs is 1. The van der Waals surface area contributed by atoms with Gasteiger partial charge in [-0.1, -0.05) is 30.4 Å². The number of rotatable bonds is 5. The van der Waals surface area contributed by atoms with Crippen LogP contribution >= 0.6 is 12.4 Å². The first kappa shape index (κ1) is 16.2. The van der Waals surface area contributed by atoms with Gasteiger partial charge < -0.3 is 9.84 Å². The van der Waals surface area contributed by atoms with Crippen LogP contribution in [0.15, 0.2) is 24.3 Å². The van der Waals surface area contributed by atoms with Crippen LogP contribution in [0.2, 0.25) is 0 Å². The first-order valence-electron chi connectivity index (χ1n) is 6.39. The number of halogens is 1. The predicted molar refractivity (Wildman–Crippen MR) is 80.5 cm³/mol. The Bertz CT molecular complexity index is 446. The van der Waals surface area contributed by atoms with E-state index < -0.39 is 6.10 Å². The van der Waals surface area contributed by atoms with Crippen LogP contribution in [0.25, 0.3) is 6.08 Å². The van der Waals surface area contributed by atoms with Crippen molar-refractivity contribution in [3.05, 3.63) is 41.0 Å². The fraction of sp³-hybridized carbons (Fsp3) is 0.467. The van der Waals surface area contributed by atoms with Crippen LogP contribution in [-0.4, -0.2) is 36.9 Å². The molecule has 0 heterocycles. The second-order valence-corrected chi connectivity index (χ2v) is 4.82. The minimum Gasteiger partial charge on any atom is -0.384 e. The third-order valence-electron chi connectivity index (χ3n) is 3.26. The van der Waals surface area contributed by atoms with Gasteiger partial charge in [0.15, 0.2) is 0 Å². The normalized spacial score (nSPS) is 16.1. The summed E-state index contributed by atoms with van der Waals surface area (Å²) in [6.07, 6.45) is 4.30. The Kier molecular flexibility index (Phi) is 6.01. The van der Waals surface area contributed by atoms with Crippen molar-refractivity contribution in [1.29, 1.82) is 0 Å². The van der Waals surface area contributed by atoms with Crippen molar-refractivity contribution in [1.82, 2.24) is 4.90 Å². The number of hydrogen-bond acceptors (Lipinski definition) is 3. The van der Waals surface area contributed by atoms with Gasteiger partial charge in [-0.05, 0) is 44.1 Å². The molecule has 2 rings (SSSR count). The van der Waals surface area contributed by atoms with E-state index in [4.69, 9.17) is 4.74 Å². The van der Waals surface area contributed by atoms with Gasteiger partial charge in [0.05, 0.1) is 0 Å². The molecule has 0 fully saturated rings. The van der Waals surface area contributed by atoms with Crippen molar-refractivity contribution in [2.24, 2.45) is 0 Å². The van der Waals surface area contributed by atoms with Crippen LogP contribution in [0.3, 0.4) is 0 Å². The minimum atomic E-state index is -0.620. The quantitative estimate of drug-likeness (QED) is 0.843. The maximum Gasteiger partial charge on any atom is 0.140 e. The summed E-state index contributed by atoms with van der Waals surface area (Å²) < 4.78 is 5.60. The van der Waals surface area contributed by atoms with E-state index >= 15 is 0 Å².